The first-order chi connectivity index (χ1) is 13.1. The molecule has 136 valence electrons. The minimum Gasteiger partial charge on any atom is -0.458 e. The van der Waals surface area contributed by atoms with Gasteiger partial charge in [0.15, 0.2) is 0 Å². The summed E-state index contributed by atoms with van der Waals surface area (Å²) in [5.74, 6) is -0.458. The van der Waals surface area contributed by atoms with E-state index in [4.69, 9.17) is 4.74 Å². The quantitative estimate of drug-likeness (QED) is 0.635. The Morgan fingerprint density at radius 3 is 2.74 bits per heavy atom. The van der Waals surface area contributed by atoms with Crippen LogP contribution in [-0.2, 0) is 20.9 Å². The predicted molar refractivity (Wildman–Crippen MR) is 105 cm³/mol. The largest absolute Gasteiger partial charge is 0.458 e. The summed E-state index contributed by atoms with van der Waals surface area (Å²) in [5, 5.41) is 0.761. The highest BCUT2D eigenvalue weighted by atomic mass is 32.1. The van der Waals surface area contributed by atoms with Crippen LogP contribution in [0.15, 0.2) is 54.7 Å². The molecule has 1 aliphatic rings. The van der Waals surface area contributed by atoms with Crippen molar-refractivity contribution in [1.82, 2.24) is 9.88 Å². The van der Waals surface area contributed by atoms with E-state index in [0.717, 1.165) is 26.4 Å². The van der Waals surface area contributed by atoms with E-state index in [2.05, 4.69) is 4.98 Å². The van der Waals surface area contributed by atoms with Gasteiger partial charge in [0.2, 0.25) is 5.91 Å². The van der Waals surface area contributed by atoms with Crippen molar-refractivity contribution in [2.45, 2.75) is 26.0 Å². The number of rotatable bonds is 4. The zero-order valence-electron chi connectivity index (χ0n) is 14.8. The van der Waals surface area contributed by atoms with Gasteiger partial charge < -0.3 is 9.64 Å². The third-order valence-electron chi connectivity index (χ3n) is 4.52. The minimum absolute atomic E-state index is 0.103. The lowest BCUT2D eigenvalue weighted by atomic mass is 9.94. The topological polar surface area (TPSA) is 59.5 Å². The summed E-state index contributed by atoms with van der Waals surface area (Å²) in [6.07, 6.45) is 3.72. The van der Waals surface area contributed by atoms with Gasteiger partial charge in [-0.05, 0) is 29.3 Å². The zero-order chi connectivity index (χ0) is 18.8. The number of aromatic nitrogens is 1. The van der Waals surface area contributed by atoms with Crippen molar-refractivity contribution in [2.75, 3.05) is 0 Å². The van der Waals surface area contributed by atoms with Crippen molar-refractivity contribution in [3.05, 3.63) is 70.9 Å². The molecule has 4 rings (SSSR count). The van der Waals surface area contributed by atoms with Gasteiger partial charge in [0.05, 0.1) is 22.7 Å². The van der Waals surface area contributed by atoms with Crippen LogP contribution in [0.3, 0.4) is 0 Å². The highest BCUT2D eigenvalue weighted by molar-refractivity contribution is 7.18. The van der Waals surface area contributed by atoms with Gasteiger partial charge in [-0.3, -0.25) is 9.59 Å². The van der Waals surface area contributed by atoms with Crippen molar-refractivity contribution in [3.63, 3.8) is 0 Å². The molecule has 1 aromatic heterocycles. The molecule has 2 heterocycles. The molecule has 2 aromatic carbocycles. The second-order valence-electron chi connectivity index (χ2n) is 6.33. The first kappa shape index (κ1) is 17.4. The molecule has 0 saturated carbocycles. The third-order valence-corrected chi connectivity index (χ3v) is 5.53. The standard InChI is InChI=1S/C21H18N2O3S/c1-14(24)23-11-10-15-6-2-3-7-16(15)18(23)12-21(25)26-13-20-22-17-8-4-5-9-19(17)27-20/h2-11,18H,12-13H2,1H3/t18-/m1/s1. The normalized spacial score (nSPS) is 15.6. The smallest absolute Gasteiger partial charge is 0.308 e. The Kier molecular flexibility index (Phi) is 4.73. The summed E-state index contributed by atoms with van der Waals surface area (Å²) < 4.78 is 6.52. The van der Waals surface area contributed by atoms with E-state index in [1.165, 1.54) is 18.3 Å². The van der Waals surface area contributed by atoms with Gasteiger partial charge >= 0.3 is 5.97 Å². The number of hydrogen-bond donors (Lipinski definition) is 0. The molecule has 0 fully saturated rings. The molecule has 0 unspecified atom stereocenters. The predicted octanol–water partition coefficient (Wildman–Crippen LogP) is 4.30. The molecule has 27 heavy (non-hydrogen) atoms. The molecule has 1 aliphatic heterocycles. The fraction of sp³-hybridized carbons (Fsp3) is 0.190. The SMILES string of the molecule is CC(=O)N1C=Cc2ccccc2[C@H]1CC(=O)OCc1nc2ccccc2s1. The maximum atomic E-state index is 12.5. The second-order valence-corrected chi connectivity index (χ2v) is 7.44. The molecule has 5 nitrogen and oxygen atoms in total. The number of thiazole rings is 1. The van der Waals surface area contributed by atoms with E-state index in [9.17, 15) is 9.59 Å². The number of carbonyl (C=O) groups is 2. The van der Waals surface area contributed by atoms with E-state index >= 15 is 0 Å². The van der Waals surface area contributed by atoms with Crippen molar-refractivity contribution in [3.8, 4) is 0 Å². The van der Waals surface area contributed by atoms with E-state index in [1.54, 1.807) is 11.1 Å². The lowest BCUT2D eigenvalue weighted by molar-refractivity contribution is -0.146. The van der Waals surface area contributed by atoms with Gasteiger partial charge in [-0.1, -0.05) is 36.4 Å². The van der Waals surface area contributed by atoms with Crippen LogP contribution in [0.25, 0.3) is 16.3 Å². The van der Waals surface area contributed by atoms with Gasteiger partial charge in [-0.2, -0.15) is 0 Å². The number of nitrogens with zero attached hydrogens (tertiary/aromatic N) is 2. The molecule has 3 aromatic rings. The van der Waals surface area contributed by atoms with Crippen LogP contribution in [0.4, 0.5) is 0 Å². The van der Waals surface area contributed by atoms with Crippen LogP contribution < -0.4 is 0 Å². The Morgan fingerprint density at radius 2 is 1.93 bits per heavy atom. The molecule has 1 amide bonds. The number of para-hydroxylation sites is 1. The summed E-state index contributed by atoms with van der Waals surface area (Å²) in [6.45, 7) is 1.64. The number of esters is 1. The Hall–Kier alpha value is -2.99. The number of ether oxygens (including phenoxy) is 1. The van der Waals surface area contributed by atoms with Crippen LogP contribution in [0, 0.1) is 0 Å². The van der Waals surface area contributed by atoms with Crippen molar-refractivity contribution >= 4 is 39.5 Å². The molecule has 1 atom stereocenters. The van der Waals surface area contributed by atoms with Crippen LogP contribution in [-0.4, -0.2) is 21.8 Å². The van der Waals surface area contributed by atoms with Gasteiger partial charge in [-0.15, -0.1) is 11.3 Å². The maximum Gasteiger partial charge on any atom is 0.308 e. The average molecular weight is 378 g/mol. The van der Waals surface area contributed by atoms with Gasteiger partial charge in [0.25, 0.3) is 0 Å². The van der Waals surface area contributed by atoms with Crippen LogP contribution >= 0.6 is 11.3 Å². The van der Waals surface area contributed by atoms with Gasteiger partial charge in [-0.25, -0.2) is 4.98 Å². The van der Waals surface area contributed by atoms with Crippen LogP contribution in [0.2, 0.25) is 0 Å². The second kappa shape index (κ2) is 7.32. The first-order valence-corrected chi connectivity index (χ1v) is 9.49. The summed E-state index contributed by atoms with van der Waals surface area (Å²) in [4.78, 5) is 30.5. The molecule has 0 bridgehead atoms. The van der Waals surface area contributed by atoms with E-state index in [1.807, 2.05) is 54.6 Å². The van der Waals surface area contributed by atoms with E-state index in [0.29, 0.717) is 0 Å². The number of fused-ring (bicyclic) bond motifs is 2. The molecule has 0 aliphatic carbocycles. The summed E-state index contributed by atoms with van der Waals surface area (Å²) in [6, 6.07) is 15.2. The minimum atomic E-state index is -0.355. The van der Waals surface area contributed by atoms with Gasteiger partial charge in [0, 0.05) is 13.1 Å². The Bertz CT molecular complexity index is 1010. The number of benzene rings is 2. The van der Waals surface area contributed by atoms with Crippen LogP contribution in [0.1, 0.15) is 35.5 Å². The number of hydrogen-bond acceptors (Lipinski definition) is 5. The van der Waals surface area contributed by atoms with Crippen molar-refractivity contribution in [2.24, 2.45) is 0 Å². The molecule has 0 spiro atoms. The Labute approximate surface area is 160 Å². The molecule has 0 N–H and O–H groups in total. The maximum absolute atomic E-state index is 12.5. The molecule has 0 saturated heterocycles. The molecule has 0 radical (unpaired) electrons. The monoisotopic (exact) mass is 378 g/mol. The highest BCUT2D eigenvalue weighted by Crippen LogP contribution is 2.33. The Balaban J connectivity index is 1.47. The van der Waals surface area contributed by atoms with Crippen molar-refractivity contribution < 1.29 is 14.3 Å². The lowest BCUT2D eigenvalue weighted by Gasteiger charge is -2.32. The average Bonchev–Trinajstić information content (AvgIpc) is 3.09. The molecular weight excluding hydrogens is 360 g/mol. The highest BCUT2D eigenvalue weighted by Gasteiger charge is 2.28. The first-order valence-electron chi connectivity index (χ1n) is 8.68. The van der Waals surface area contributed by atoms with Crippen LogP contribution in [0.5, 0.6) is 0 Å². The third kappa shape index (κ3) is 3.61. The lowest BCUT2D eigenvalue weighted by Crippen LogP contribution is -2.32. The summed E-state index contributed by atoms with van der Waals surface area (Å²) in [5.41, 5.74) is 2.87. The van der Waals surface area contributed by atoms with E-state index < -0.39 is 0 Å². The fourth-order valence-corrected chi connectivity index (χ4v) is 4.13. The van der Waals surface area contributed by atoms with Gasteiger partial charge in [0.1, 0.15) is 11.6 Å². The number of carbonyl (C=O) groups excluding carboxylic acids is 2. The molecule has 6 heteroatoms. The molecular formula is C21H18N2O3S. The zero-order valence-corrected chi connectivity index (χ0v) is 15.6. The summed E-state index contributed by atoms with van der Waals surface area (Å²) in [7, 11) is 0. The van der Waals surface area contributed by atoms with E-state index in [-0.39, 0.29) is 30.9 Å². The number of amides is 1. The van der Waals surface area contributed by atoms with Crippen molar-refractivity contribution in [1.29, 1.82) is 0 Å². The fourth-order valence-electron chi connectivity index (χ4n) is 3.25. The summed E-state index contributed by atoms with van der Waals surface area (Å²) >= 11 is 1.52. The Morgan fingerprint density at radius 1 is 1.15 bits per heavy atom.